The number of H-pyrrole nitrogens is 1. The number of aromatic amines is 1. The molecule has 0 saturated carbocycles. The van der Waals surface area contributed by atoms with E-state index in [1.54, 1.807) is 0 Å². The van der Waals surface area contributed by atoms with Crippen LogP contribution in [0.4, 0.5) is 0 Å². The Hall–Kier alpha value is -1.36. The van der Waals surface area contributed by atoms with Gasteiger partial charge < -0.3 is 4.98 Å². The van der Waals surface area contributed by atoms with Crippen LogP contribution >= 0.6 is 22.6 Å². The van der Waals surface area contributed by atoms with Crippen molar-refractivity contribution in [3.63, 3.8) is 0 Å². The molecular formula is C13H8INO. The van der Waals surface area contributed by atoms with Gasteiger partial charge in [-0.25, -0.2) is 0 Å². The third-order valence-corrected chi connectivity index (χ3v) is 3.61. The van der Waals surface area contributed by atoms with E-state index < -0.39 is 0 Å². The highest BCUT2D eigenvalue weighted by molar-refractivity contribution is 14.1. The van der Waals surface area contributed by atoms with Crippen molar-refractivity contribution < 1.29 is 0 Å². The first-order chi connectivity index (χ1) is 7.77. The number of hydrogen-bond donors (Lipinski definition) is 1. The molecule has 0 aliphatic heterocycles. The first-order valence-corrected chi connectivity index (χ1v) is 6.04. The second-order valence-corrected chi connectivity index (χ2v) is 4.82. The van der Waals surface area contributed by atoms with Gasteiger partial charge in [0.05, 0.1) is 5.39 Å². The molecule has 0 amide bonds. The van der Waals surface area contributed by atoms with Crippen molar-refractivity contribution in [2.24, 2.45) is 0 Å². The summed E-state index contributed by atoms with van der Waals surface area (Å²) in [7, 11) is 0. The first-order valence-electron chi connectivity index (χ1n) is 4.96. The fourth-order valence-electron chi connectivity index (χ4n) is 1.99. The lowest BCUT2D eigenvalue weighted by atomic mass is 10.1. The molecule has 3 aromatic rings. The zero-order chi connectivity index (χ0) is 11.1. The summed E-state index contributed by atoms with van der Waals surface area (Å²) in [6.45, 7) is 0. The highest BCUT2D eigenvalue weighted by Gasteiger charge is 2.06. The number of hydrogen-bond acceptors (Lipinski definition) is 1. The Morgan fingerprint density at radius 2 is 1.69 bits per heavy atom. The van der Waals surface area contributed by atoms with Gasteiger partial charge >= 0.3 is 0 Å². The summed E-state index contributed by atoms with van der Waals surface area (Å²) in [6, 6.07) is 13.8. The van der Waals surface area contributed by atoms with E-state index in [2.05, 4.69) is 27.6 Å². The van der Waals surface area contributed by atoms with Gasteiger partial charge in [-0.2, -0.15) is 0 Å². The van der Waals surface area contributed by atoms with E-state index in [1.807, 2.05) is 42.5 Å². The first kappa shape index (κ1) is 9.84. The molecule has 1 aromatic heterocycles. The lowest BCUT2D eigenvalue weighted by molar-refractivity contribution is 1.34. The standard InChI is InChI=1S/C13H8INO/c14-10-6-3-5-9-8-4-1-2-7-11(8)15-13(16)12(9)10/h1-7H,(H,15,16). The van der Waals surface area contributed by atoms with E-state index in [0.717, 1.165) is 25.2 Å². The van der Waals surface area contributed by atoms with Gasteiger partial charge in [-0.3, -0.25) is 4.79 Å². The molecule has 0 saturated heterocycles. The second kappa shape index (κ2) is 3.59. The number of para-hydroxylation sites is 1. The van der Waals surface area contributed by atoms with Gasteiger partial charge in [0.25, 0.3) is 5.56 Å². The maximum atomic E-state index is 12.0. The van der Waals surface area contributed by atoms with Crippen molar-refractivity contribution in [3.05, 3.63) is 56.4 Å². The normalized spacial score (nSPS) is 11.1. The number of rotatable bonds is 0. The van der Waals surface area contributed by atoms with E-state index in [9.17, 15) is 4.79 Å². The number of fused-ring (bicyclic) bond motifs is 3. The Balaban J connectivity index is 2.71. The zero-order valence-corrected chi connectivity index (χ0v) is 10.5. The molecule has 3 heteroatoms. The predicted octanol–water partition coefficient (Wildman–Crippen LogP) is 3.29. The van der Waals surface area contributed by atoms with Crippen LogP contribution in [0.1, 0.15) is 0 Å². The molecule has 1 heterocycles. The van der Waals surface area contributed by atoms with E-state index in [0.29, 0.717) is 0 Å². The van der Waals surface area contributed by atoms with Crippen LogP contribution in [0.5, 0.6) is 0 Å². The monoisotopic (exact) mass is 321 g/mol. The molecule has 3 rings (SSSR count). The van der Waals surface area contributed by atoms with Gasteiger partial charge in [-0.1, -0.05) is 30.3 Å². The molecule has 16 heavy (non-hydrogen) atoms. The predicted molar refractivity (Wildman–Crippen MR) is 74.8 cm³/mol. The van der Waals surface area contributed by atoms with E-state index >= 15 is 0 Å². The number of benzene rings is 2. The van der Waals surface area contributed by atoms with Crippen molar-refractivity contribution >= 4 is 44.3 Å². The Morgan fingerprint density at radius 1 is 0.938 bits per heavy atom. The maximum Gasteiger partial charge on any atom is 0.257 e. The van der Waals surface area contributed by atoms with Crippen LogP contribution in [0.25, 0.3) is 21.7 Å². The quantitative estimate of drug-likeness (QED) is 0.500. The molecule has 0 bridgehead atoms. The minimum Gasteiger partial charge on any atom is -0.321 e. The van der Waals surface area contributed by atoms with Crippen LogP contribution in [0.15, 0.2) is 47.3 Å². The molecule has 0 radical (unpaired) electrons. The molecule has 0 unspecified atom stereocenters. The Morgan fingerprint density at radius 3 is 2.56 bits per heavy atom. The molecule has 1 N–H and O–H groups in total. The summed E-state index contributed by atoms with van der Waals surface area (Å²) >= 11 is 2.20. The molecule has 0 atom stereocenters. The largest absolute Gasteiger partial charge is 0.321 e. The van der Waals surface area contributed by atoms with Crippen molar-refractivity contribution in [2.75, 3.05) is 0 Å². The maximum absolute atomic E-state index is 12.0. The van der Waals surface area contributed by atoms with Crippen LogP contribution in [0, 0.1) is 3.57 Å². The molecular weight excluding hydrogens is 313 g/mol. The summed E-state index contributed by atoms with van der Waals surface area (Å²) in [5, 5.41) is 2.89. The van der Waals surface area contributed by atoms with Crippen molar-refractivity contribution in [2.45, 2.75) is 0 Å². The zero-order valence-electron chi connectivity index (χ0n) is 8.33. The van der Waals surface area contributed by atoms with E-state index in [-0.39, 0.29) is 5.56 Å². The third kappa shape index (κ3) is 1.35. The molecule has 0 fully saturated rings. The van der Waals surface area contributed by atoms with Crippen LogP contribution < -0.4 is 5.56 Å². The SMILES string of the molecule is O=c1[nH]c2ccccc2c2cccc(I)c12. The Labute approximate surface area is 105 Å². The van der Waals surface area contributed by atoms with Crippen molar-refractivity contribution in [1.82, 2.24) is 4.98 Å². The summed E-state index contributed by atoms with van der Waals surface area (Å²) in [5.41, 5.74) is 0.876. The van der Waals surface area contributed by atoms with Gasteiger partial charge in [0.1, 0.15) is 0 Å². The number of halogens is 1. The second-order valence-electron chi connectivity index (χ2n) is 3.66. The number of aromatic nitrogens is 1. The summed E-state index contributed by atoms with van der Waals surface area (Å²) in [6.07, 6.45) is 0. The molecule has 2 nitrogen and oxygen atoms in total. The summed E-state index contributed by atoms with van der Waals surface area (Å²) in [4.78, 5) is 14.9. The lowest BCUT2D eigenvalue weighted by Crippen LogP contribution is -2.07. The summed E-state index contributed by atoms with van der Waals surface area (Å²) in [5.74, 6) is 0. The van der Waals surface area contributed by atoms with Crippen LogP contribution in [0.2, 0.25) is 0 Å². The van der Waals surface area contributed by atoms with Crippen LogP contribution in [0.3, 0.4) is 0 Å². The number of pyridine rings is 1. The molecule has 0 aliphatic rings. The Bertz CT molecular complexity index is 746. The average Bonchev–Trinajstić information content (AvgIpc) is 2.29. The van der Waals surface area contributed by atoms with Gasteiger partial charge in [-0.05, 0) is 40.1 Å². The third-order valence-electron chi connectivity index (χ3n) is 2.71. The smallest absolute Gasteiger partial charge is 0.257 e. The lowest BCUT2D eigenvalue weighted by Gasteiger charge is -2.04. The Kier molecular flexibility index (Phi) is 2.21. The van der Waals surface area contributed by atoms with Crippen LogP contribution in [-0.2, 0) is 0 Å². The van der Waals surface area contributed by atoms with Crippen molar-refractivity contribution in [3.8, 4) is 0 Å². The van der Waals surface area contributed by atoms with Gasteiger partial charge in [0, 0.05) is 14.5 Å². The highest BCUT2D eigenvalue weighted by atomic mass is 127. The average molecular weight is 321 g/mol. The van der Waals surface area contributed by atoms with Crippen molar-refractivity contribution in [1.29, 1.82) is 0 Å². The van der Waals surface area contributed by atoms with Gasteiger partial charge in [-0.15, -0.1) is 0 Å². The molecule has 78 valence electrons. The number of nitrogens with one attached hydrogen (secondary N) is 1. The minimum atomic E-state index is -0.0151. The van der Waals surface area contributed by atoms with Gasteiger partial charge in [0.2, 0.25) is 0 Å². The van der Waals surface area contributed by atoms with E-state index in [4.69, 9.17) is 0 Å². The fraction of sp³-hybridized carbons (Fsp3) is 0. The topological polar surface area (TPSA) is 32.9 Å². The van der Waals surface area contributed by atoms with E-state index in [1.165, 1.54) is 0 Å². The summed E-state index contributed by atoms with van der Waals surface area (Å²) < 4.78 is 0.988. The fourth-order valence-corrected chi connectivity index (χ4v) is 2.73. The van der Waals surface area contributed by atoms with Crippen LogP contribution in [-0.4, -0.2) is 4.98 Å². The molecule has 0 aliphatic carbocycles. The minimum absolute atomic E-state index is 0.0151. The molecule has 2 aromatic carbocycles. The highest BCUT2D eigenvalue weighted by Crippen LogP contribution is 2.23. The van der Waals surface area contributed by atoms with Gasteiger partial charge in [0.15, 0.2) is 0 Å². The molecule has 0 spiro atoms.